The van der Waals surface area contributed by atoms with Gasteiger partial charge in [-0.2, -0.15) is 0 Å². The molecule has 2 rings (SSSR count). The molecule has 0 spiro atoms. The first-order valence-electron chi connectivity index (χ1n) is 4.70. The van der Waals surface area contributed by atoms with Crippen LogP contribution in [0.3, 0.4) is 0 Å². The van der Waals surface area contributed by atoms with Gasteiger partial charge in [-0.1, -0.05) is 26.0 Å². The summed E-state index contributed by atoms with van der Waals surface area (Å²) in [7, 11) is 0. The number of ether oxygens (including phenoxy) is 1. The smallest absolute Gasteiger partial charge is 0.124 e. The zero-order valence-corrected chi connectivity index (χ0v) is 8.08. The quantitative estimate of drug-likeness (QED) is 0.713. The lowest BCUT2D eigenvalue weighted by molar-refractivity contribution is 0.333. The average molecular weight is 177 g/mol. The Bertz CT molecular complexity index is 320. The second-order valence-electron chi connectivity index (χ2n) is 3.87. The van der Waals surface area contributed by atoms with E-state index in [1.807, 2.05) is 6.07 Å². The summed E-state index contributed by atoms with van der Waals surface area (Å²) < 4.78 is 5.42. The van der Waals surface area contributed by atoms with Gasteiger partial charge in [0.2, 0.25) is 0 Å². The number of hydrogen-bond acceptors (Lipinski definition) is 2. The maximum atomic E-state index is 5.89. The van der Waals surface area contributed by atoms with Gasteiger partial charge in [0, 0.05) is 5.56 Å². The normalized spacial score (nSPS) is 20.2. The van der Waals surface area contributed by atoms with E-state index in [2.05, 4.69) is 26.0 Å². The summed E-state index contributed by atoms with van der Waals surface area (Å²) in [5.74, 6) is 1.51. The van der Waals surface area contributed by atoms with Crippen LogP contribution in [-0.4, -0.2) is 6.61 Å². The molecule has 0 saturated carbocycles. The molecule has 1 heterocycles. The molecule has 2 nitrogen and oxygen atoms in total. The Hall–Kier alpha value is -1.02. The van der Waals surface area contributed by atoms with Crippen LogP contribution >= 0.6 is 0 Å². The molecule has 0 radical (unpaired) electrons. The number of rotatable bonds is 1. The van der Waals surface area contributed by atoms with Gasteiger partial charge in [-0.05, 0) is 17.5 Å². The molecule has 1 aromatic rings. The third-order valence-electron chi connectivity index (χ3n) is 2.52. The molecule has 0 aliphatic carbocycles. The Kier molecular flexibility index (Phi) is 2.00. The molecule has 0 unspecified atom stereocenters. The maximum Gasteiger partial charge on any atom is 0.124 e. The maximum absolute atomic E-state index is 5.89. The van der Waals surface area contributed by atoms with Crippen molar-refractivity contribution in [2.75, 3.05) is 6.61 Å². The zero-order chi connectivity index (χ0) is 9.42. The van der Waals surface area contributed by atoms with Gasteiger partial charge in [-0.3, -0.25) is 0 Å². The molecular formula is C11H15NO. The van der Waals surface area contributed by atoms with Gasteiger partial charge in [0.25, 0.3) is 0 Å². The van der Waals surface area contributed by atoms with Crippen LogP contribution in [-0.2, 0) is 0 Å². The number of hydrogen-bond donors (Lipinski definition) is 1. The van der Waals surface area contributed by atoms with Gasteiger partial charge in [-0.25, -0.2) is 0 Å². The molecule has 1 aliphatic heterocycles. The summed E-state index contributed by atoms with van der Waals surface area (Å²) in [4.78, 5) is 0. The molecule has 1 aromatic carbocycles. The van der Waals surface area contributed by atoms with Crippen LogP contribution in [0, 0.1) is 0 Å². The van der Waals surface area contributed by atoms with Crippen molar-refractivity contribution in [2.45, 2.75) is 25.8 Å². The highest BCUT2D eigenvalue weighted by atomic mass is 16.5. The van der Waals surface area contributed by atoms with Gasteiger partial charge < -0.3 is 10.5 Å². The third-order valence-corrected chi connectivity index (χ3v) is 2.52. The van der Waals surface area contributed by atoms with Crippen molar-refractivity contribution in [3.05, 3.63) is 29.3 Å². The average Bonchev–Trinajstić information content (AvgIpc) is 2.47. The summed E-state index contributed by atoms with van der Waals surface area (Å²) in [6.45, 7) is 4.99. The van der Waals surface area contributed by atoms with E-state index in [9.17, 15) is 0 Å². The standard InChI is InChI=1S/C11H15NO/c1-7(2)8-3-4-11-9(5-8)10(12)6-13-11/h3-5,7,10H,6,12H2,1-2H3/t10-/m1/s1. The van der Waals surface area contributed by atoms with Crippen molar-refractivity contribution in [3.63, 3.8) is 0 Å². The lowest BCUT2D eigenvalue weighted by atomic mass is 9.98. The van der Waals surface area contributed by atoms with E-state index in [-0.39, 0.29) is 6.04 Å². The first-order valence-corrected chi connectivity index (χ1v) is 4.70. The molecule has 0 bridgehead atoms. The van der Waals surface area contributed by atoms with Crippen LogP contribution in [0.25, 0.3) is 0 Å². The highest BCUT2D eigenvalue weighted by Crippen LogP contribution is 2.33. The second kappa shape index (κ2) is 3.04. The van der Waals surface area contributed by atoms with Crippen LogP contribution < -0.4 is 10.5 Å². The Balaban J connectivity index is 2.42. The van der Waals surface area contributed by atoms with E-state index >= 15 is 0 Å². The van der Waals surface area contributed by atoms with Crippen molar-refractivity contribution in [1.82, 2.24) is 0 Å². The van der Waals surface area contributed by atoms with Gasteiger partial charge >= 0.3 is 0 Å². The third kappa shape index (κ3) is 1.42. The largest absolute Gasteiger partial charge is 0.491 e. The van der Waals surface area contributed by atoms with E-state index in [0.717, 1.165) is 11.3 Å². The predicted molar refractivity (Wildman–Crippen MR) is 53.0 cm³/mol. The minimum absolute atomic E-state index is 0.0636. The van der Waals surface area contributed by atoms with Gasteiger partial charge in [0.15, 0.2) is 0 Å². The molecule has 0 fully saturated rings. The molecule has 1 atom stereocenters. The Morgan fingerprint density at radius 1 is 1.46 bits per heavy atom. The number of benzene rings is 1. The topological polar surface area (TPSA) is 35.2 Å². The molecule has 0 amide bonds. The van der Waals surface area contributed by atoms with E-state index in [0.29, 0.717) is 12.5 Å². The van der Waals surface area contributed by atoms with Gasteiger partial charge in [-0.15, -0.1) is 0 Å². The van der Waals surface area contributed by atoms with Crippen molar-refractivity contribution >= 4 is 0 Å². The molecule has 13 heavy (non-hydrogen) atoms. The Morgan fingerprint density at radius 2 is 2.23 bits per heavy atom. The Morgan fingerprint density at radius 3 is 2.92 bits per heavy atom. The summed E-state index contributed by atoms with van der Waals surface area (Å²) in [5.41, 5.74) is 8.38. The first kappa shape index (κ1) is 8.57. The van der Waals surface area contributed by atoms with Gasteiger partial charge in [0.05, 0.1) is 6.04 Å². The fourth-order valence-electron chi connectivity index (χ4n) is 1.62. The monoisotopic (exact) mass is 177 g/mol. The van der Waals surface area contributed by atoms with Crippen LogP contribution in [0.2, 0.25) is 0 Å². The number of nitrogens with two attached hydrogens (primary N) is 1. The lowest BCUT2D eigenvalue weighted by Gasteiger charge is -2.07. The lowest BCUT2D eigenvalue weighted by Crippen LogP contribution is -2.10. The molecule has 2 N–H and O–H groups in total. The van der Waals surface area contributed by atoms with Crippen LogP contribution in [0.1, 0.15) is 36.9 Å². The summed E-state index contributed by atoms with van der Waals surface area (Å²) >= 11 is 0. The fraction of sp³-hybridized carbons (Fsp3) is 0.455. The summed E-state index contributed by atoms with van der Waals surface area (Å²) in [6.07, 6.45) is 0. The zero-order valence-electron chi connectivity index (χ0n) is 8.08. The SMILES string of the molecule is CC(C)c1ccc2c(c1)[C@H](N)CO2. The minimum Gasteiger partial charge on any atom is -0.491 e. The second-order valence-corrected chi connectivity index (χ2v) is 3.87. The van der Waals surface area contributed by atoms with Crippen LogP contribution in [0.5, 0.6) is 5.75 Å². The summed E-state index contributed by atoms with van der Waals surface area (Å²) in [5, 5.41) is 0. The number of fused-ring (bicyclic) bond motifs is 1. The molecule has 1 aliphatic rings. The predicted octanol–water partition coefficient (Wildman–Crippen LogP) is 2.20. The van der Waals surface area contributed by atoms with E-state index in [4.69, 9.17) is 10.5 Å². The van der Waals surface area contributed by atoms with Crippen LogP contribution in [0.15, 0.2) is 18.2 Å². The molecular weight excluding hydrogens is 162 g/mol. The van der Waals surface area contributed by atoms with E-state index < -0.39 is 0 Å². The molecule has 70 valence electrons. The first-order chi connectivity index (χ1) is 6.18. The highest BCUT2D eigenvalue weighted by molar-refractivity contribution is 5.42. The van der Waals surface area contributed by atoms with Crippen molar-refractivity contribution < 1.29 is 4.74 Å². The highest BCUT2D eigenvalue weighted by Gasteiger charge is 2.20. The Labute approximate surface area is 78.7 Å². The van der Waals surface area contributed by atoms with Crippen molar-refractivity contribution in [3.8, 4) is 5.75 Å². The summed E-state index contributed by atoms with van der Waals surface area (Å²) in [6, 6.07) is 6.37. The molecule has 0 aromatic heterocycles. The van der Waals surface area contributed by atoms with Crippen LogP contribution in [0.4, 0.5) is 0 Å². The van der Waals surface area contributed by atoms with Crippen molar-refractivity contribution in [2.24, 2.45) is 5.73 Å². The van der Waals surface area contributed by atoms with Crippen molar-refractivity contribution in [1.29, 1.82) is 0 Å². The van der Waals surface area contributed by atoms with E-state index in [1.165, 1.54) is 5.56 Å². The van der Waals surface area contributed by atoms with Gasteiger partial charge in [0.1, 0.15) is 12.4 Å². The molecule has 0 saturated heterocycles. The minimum atomic E-state index is 0.0636. The fourth-order valence-corrected chi connectivity index (χ4v) is 1.62. The molecule has 2 heteroatoms. The van der Waals surface area contributed by atoms with E-state index in [1.54, 1.807) is 0 Å².